The van der Waals surface area contributed by atoms with Crippen LogP contribution in [-0.4, -0.2) is 36.5 Å². The van der Waals surface area contributed by atoms with E-state index >= 15 is 0 Å². The van der Waals surface area contributed by atoms with E-state index in [1.54, 1.807) is 0 Å². The third kappa shape index (κ3) is 4.87. The van der Waals surface area contributed by atoms with Gasteiger partial charge in [-0.15, -0.1) is 0 Å². The number of hydrogen-bond acceptors (Lipinski definition) is 3. The standard InChI is InChI=1S/C19H23NO3.ClH/c1-14(19-11-15-7-5-6-10-18(15)23-19)20-12-16(21)13-22-17-8-3-2-4-9-17;/h2-10,14,16,19-21H,11-13H2,1H3;1H. The van der Waals surface area contributed by atoms with Gasteiger partial charge in [-0.3, -0.25) is 0 Å². The molecule has 130 valence electrons. The minimum absolute atomic E-state index is 0. The van der Waals surface area contributed by atoms with E-state index in [4.69, 9.17) is 9.47 Å². The van der Waals surface area contributed by atoms with E-state index in [-0.39, 0.29) is 24.6 Å². The van der Waals surface area contributed by atoms with Crippen LogP contribution < -0.4 is 27.2 Å². The van der Waals surface area contributed by atoms with Crippen LogP contribution in [0.25, 0.3) is 0 Å². The highest BCUT2D eigenvalue weighted by Crippen LogP contribution is 2.28. The molecule has 1 aliphatic heterocycles. The van der Waals surface area contributed by atoms with Gasteiger partial charge < -0.3 is 32.3 Å². The number of halogens is 1. The van der Waals surface area contributed by atoms with Gasteiger partial charge in [-0.05, 0) is 30.7 Å². The summed E-state index contributed by atoms with van der Waals surface area (Å²) < 4.78 is 11.6. The molecular formula is C19H24ClNO3. The highest BCUT2D eigenvalue weighted by Gasteiger charge is 2.29. The molecule has 24 heavy (non-hydrogen) atoms. The van der Waals surface area contributed by atoms with Gasteiger partial charge in [0.2, 0.25) is 0 Å². The first-order valence-corrected chi connectivity index (χ1v) is 8.16. The molecule has 3 unspecified atom stereocenters. The Morgan fingerprint density at radius 2 is 1.88 bits per heavy atom. The lowest BCUT2D eigenvalue weighted by molar-refractivity contribution is -0.697. The van der Waals surface area contributed by atoms with Crippen molar-refractivity contribution in [2.24, 2.45) is 0 Å². The van der Waals surface area contributed by atoms with E-state index in [1.807, 2.05) is 48.5 Å². The Kier molecular flexibility index (Phi) is 6.91. The van der Waals surface area contributed by atoms with E-state index in [1.165, 1.54) is 5.56 Å². The molecule has 3 N–H and O–H groups in total. The number of rotatable bonds is 7. The minimum Gasteiger partial charge on any atom is -1.00 e. The van der Waals surface area contributed by atoms with Gasteiger partial charge in [-0.25, -0.2) is 0 Å². The second-order valence-corrected chi connectivity index (χ2v) is 6.08. The molecule has 0 aromatic heterocycles. The van der Waals surface area contributed by atoms with Crippen LogP contribution in [0.3, 0.4) is 0 Å². The van der Waals surface area contributed by atoms with E-state index in [0.29, 0.717) is 13.2 Å². The third-order valence-electron chi connectivity index (χ3n) is 4.22. The topological polar surface area (TPSA) is 55.3 Å². The Morgan fingerprint density at radius 3 is 2.62 bits per heavy atom. The second-order valence-electron chi connectivity index (χ2n) is 6.08. The highest BCUT2D eigenvalue weighted by atomic mass is 35.5. The number of ether oxygens (including phenoxy) is 2. The van der Waals surface area contributed by atoms with Gasteiger partial charge in [0, 0.05) is 6.42 Å². The van der Waals surface area contributed by atoms with E-state index in [9.17, 15) is 5.11 Å². The molecular weight excluding hydrogens is 326 g/mol. The fourth-order valence-corrected chi connectivity index (χ4v) is 2.80. The number of aliphatic hydroxyl groups is 1. The molecule has 2 aromatic rings. The number of quaternary nitrogens is 1. The lowest BCUT2D eigenvalue weighted by Gasteiger charge is -2.19. The first kappa shape index (κ1) is 18.6. The van der Waals surface area contributed by atoms with Gasteiger partial charge in [0.15, 0.2) is 6.10 Å². The Balaban J connectivity index is 0.00000208. The van der Waals surface area contributed by atoms with Gasteiger partial charge in [0.05, 0.1) is 0 Å². The summed E-state index contributed by atoms with van der Waals surface area (Å²) in [5, 5.41) is 12.2. The molecule has 0 bridgehead atoms. The summed E-state index contributed by atoms with van der Waals surface area (Å²) in [7, 11) is 0. The highest BCUT2D eigenvalue weighted by molar-refractivity contribution is 5.37. The monoisotopic (exact) mass is 349 g/mol. The molecule has 1 heterocycles. The molecule has 0 fully saturated rings. The van der Waals surface area contributed by atoms with Crippen LogP contribution in [0.1, 0.15) is 12.5 Å². The average molecular weight is 350 g/mol. The normalized spacial score (nSPS) is 18.0. The summed E-state index contributed by atoms with van der Waals surface area (Å²) in [6.45, 7) is 3.05. The van der Waals surface area contributed by atoms with Crippen molar-refractivity contribution in [1.82, 2.24) is 0 Å². The molecule has 3 atom stereocenters. The average Bonchev–Trinajstić information content (AvgIpc) is 3.03. The number of para-hydroxylation sites is 2. The molecule has 0 saturated carbocycles. The number of hydrogen-bond donors (Lipinski definition) is 2. The molecule has 1 aliphatic rings. The first-order chi connectivity index (χ1) is 11.2. The first-order valence-electron chi connectivity index (χ1n) is 8.16. The predicted molar refractivity (Wildman–Crippen MR) is 88.8 cm³/mol. The van der Waals surface area contributed by atoms with Crippen LogP contribution in [0.2, 0.25) is 0 Å². The van der Waals surface area contributed by atoms with Crippen LogP contribution in [0, 0.1) is 0 Å². The quantitative estimate of drug-likeness (QED) is 0.632. The molecule has 0 radical (unpaired) electrons. The van der Waals surface area contributed by atoms with Crippen LogP contribution in [0.15, 0.2) is 54.6 Å². The summed E-state index contributed by atoms with van der Waals surface area (Å²) in [5.41, 5.74) is 1.27. The van der Waals surface area contributed by atoms with Crippen molar-refractivity contribution in [3.8, 4) is 11.5 Å². The van der Waals surface area contributed by atoms with Gasteiger partial charge in [-0.1, -0.05) is 36.4 Å². The Labute approximate surface area is 149 Å². The van der Waals surface area contributed by atoms with Gasteiger partial charge in [0.25, 0.3) is 0 Å². The number of benzene rings is 2. The van der Waals surface area contributed by atoms with Crippen LogP contribution in [0.5, 0.6) is 11.5 Å². The Bertz CT molecular complexity index is 598. The third-order valence-corrected chi connectivity index (χ3v) is 4.22. The zero-order valence-corrected chi connectivity index (χ0v) is 14.5. The molecule has 0 saturated heterocycles. The van der Waals surface area contributed by atoms with Crippen molar-refractivity contribution in [1.29, 1.82) is 0 Å². The zero-order chi connectivity index (χ0) is 16.1. The minimum atomic E-state index is -0.499. The van der Waals surface area contributed by atoms with Crippen LogP contribution >= 0.6 is 0 Å². The Hall–Kier alpha value is -1.75. The van der Waals surface area contributed by atoms with E-state index in [0.717, 1.165) is 17.9 Å². The molecule has 4 nitrogen and oxygen atoms in total. The molecule has 0 amide bonds. The maximum Gasteiger partial charge on any atom is 0.154 e. The SMILES string of the molecule is CC([NH2+]CC(O)COc1ccccc1)C1Cc2ccccc2O1.[Cl-]. The van der Waals surface area contributed by atoms with Crippen LogP contribution in [-0.2, 0) is 6.42 Å². The fraction of sp³-hybridized carbons (Fsp3) is 0.368. The molecule has 5 heteroatoms. The summed E-state index contributed by atoms with van der Waals surface area (Å²) >= 11 is 0. The van der Waals surface area contributed by atoms with E-state index in [2.05, 4.69) is 18.3 Å². The van der Waals surface area contributed by atoms with Crippen molar-refractivity contribution in [2.75, 3.05) is 13.2 Å². The van der Waals surface area contributed by atoms with Gasteiger partial charge in [-0.2, -0.15) is 0 Å². The second kappa shape index (κ2) is 8.92. The summed E-state index contributed by atoms with van der Waals surface area (Å²) in [6, 6.07) is 18.0. The van der Waals surface area contributed by atoms with Crippen molar-refractivity contribution in [2.45, 2.75) is 31.6 Å². The maximum absolute atomic E-state index is 10.1. The van der Waals surface area contributed by atoms with Crippen molar-refractivity contribution in [3.05, 3.63) is 60.2 Å². The summed E-state index contributed by atoms with van der Waals surface area (Å²) in [4.78, 5) is 0. The zero-order valence-electron chi connectivity index (χ0n) is 13.8. The maximum atomic E-state index is 10.1. The lowest BCUT2D eigenvalue weighted by atomic mass is 10.1. The van der Waals surface area contributed by atoms with E-state index < -0.39 is 6.10 Å². The molecule has 2 aromatic carbocycles. The fourth-order valence-electron chi connectivity index (χ4n) is 2.80. The lowest BCUT2D eigenvalue weighted by Crippen LogP contribution is -3.00. The van der Waals surface area contributed by atoms with Crippen LogP contribution in [0.4, 0.5) is 0 Å². The Morgan fingerprint density at radius 1 is 1.17 bits per heavy atom. The van der Waals surface area contributed by atoms with Crippen molar-refractivity contribution < 1.29 is 32.3 Å². The molecule has 0 spiro atoms. The van der Waals surface area contributed by atoms with Crippen molar-refractivity contribution in [3.63, 3.8) is 0 Å². The van der Waals surface area contributed by atoms with Gasteiger partial charge >= 0.3 is 0 Å². The predicted octanol–water partition coefficient (Wildman–Crippen LogP) is -1.61. The van der Waals surface area contributed by atoms with Crippen molar-refractivity contribution >= 4 is 0 Å². The number of fused-ring (bicyclic) bond motifs is 1. The number of aliphatic hydroxyl groups excluding tert-OH is 1. The smallest absolute Gasteiger partial charge is 0.154 e. The molecule has 3 rings (SSSR count). The largest absolute Gasteiger partial charge is 1.00 e. The summed E-state index contributed by atoms with van der Waals surface area (Å²) in [5.74, 6) is 1.78. The van der Waals surface area contributed by atoms with Gasteiger partial charge in [0.1, 0.15) is 36.8 Å². The number of nitrogens with two attached hydrogens (primary N) is 1. The summed E-state index contributed by atoms with van der Waals surface area (Å²) in [6.07, 6.45) is 0.598. The molecule has 0 aliphatic carbocycles.